The summed E-state index contributed by atoms with van der Waals surface area (Å²) in [6.07, 6.45) is 4.13. The average molecular weight is 298 g/mol. The molecule has 3 atom stereocenters. The van der Waals surface area contributed by atoms with E-state index in [0.717, 1.165) is 19.0 Å². The maximum atomic E-state index is 11.5. The highest BCUT2D eigenvalue weighted by Gasteiger charge is 2.36. The van der Waals surface area contributed by atoms with Gasteiger partial charge in [0.1, 0.15) is 0 Å². The molecule has 4 heteroatoms. The first kappa shape index (κ1) is 18.4. The molecule has 1 rings (SSSR count). The van der Waals surface area contributed by atoms with Crippen molar-refractivity contribution in [2.24, 2.45) is 23.0 Å². The molecule has 4 nitrogen and oxygen atoms in total. The van der Waals surface area contributed by atoms with Gasteiger partial charge in [-0.15, -0.1) is 0 Å². The molecule has 0 aromatic rings. The summed E-state index contributed by atoms with van der Waals surface area (Å²) in [7, 11) is 2.12. The minimum atomic E-state index is -0.100. The summed E-state index contributed by atoms with van der Waals surface area (Å²) in [5, 5.41) is 0. The highest BCUT2D eigenvalue weighted by molar-refractivity contribution is 5.69. The van der Waals surface area contributed by atoms with Gasteiger partial charge in [0, 0.05) is 12.6 Å². The van der Waals surface area contributed by atoms with Gasteiger partial charge in [-0.3, -0.25) is 4.79 Å². The predicted octanol–water partition coefficient (Wildman–Crippen LogP) is 2.66. The van der Waals surface area contributed by atoms with Crippen molar-refractivity contribution in [1.29, 1.82) is 0 Å². The molecule has 0 radical (unpaired) electrons. The number of rotatable bonds is 6. The summed E-state index contributed by atoms with van der Waals surface area (Å²) in [5.41, 5.74) is 6.32. The molecular weight excluding hydrogens is 264 g/mol. The number of carbonyl (C=O) groups is 1. The third-order valence-electron chi connectivity index (χ3n) is 5.02. The van der Waals surface area contributed by atoms with E-state index >= 15 is 0 Å². The normalized spacial score (nSPS) is 26.9. The maximum Gasteiger partial charge on any atom is 0.307 e. The van der Waals surface area contributed by atoms with Crippen LogP contribution in [0.25, 0.3) is 0 Å². The van der Waals surface area contributed by atoms with E-state index in [9.17, 15) is 4.79 Å². The fourth-order valence-electron chi connectivity index (χ4n) is 3.48. The molecule has 0 saturated heterocycles. The van der Waals surface area contributed by atoms with Gasteiger partial charge in [0.2, 0.25) is 0 Å². The Morgan fingerprint density at radius 1 is 1.33 bits per heavy atom. The number of ether oxygens (including phenoxy) is 1. The lowest BCUT2D eigenvalue weighted by molar-refractivity contribution is -0.143. The molecule has 0 aromatic carbocycles. The highest BCUT2D eigenvalue weighted by Crippen LogP contribution is 2.41. The largest absolute Gasteiger partial charge is 0.466 e. The van der Waals surface area contributed by atoms with Gasteiger partial charge < -0.3 is 15.4 Å². The molecule has 1 fully saturated rings. The smallest absolute Gasteiger partial charge is 0.307 e. The molecule has 0 aromatic heterocycles. The summed E-state index contributed by atoms with van der Waals surface area (Å²) < 4.78 is 5.02. The van der Waals surface area contributed by atoms with Gasteiger partial charge in [-0.2, -0.15) is 0 Å². The monoisotopic (exact) mass is 298 g/mol. The number of hydrogen-bond acceptors (Lipinski definition) is 4. The second-order valence-corrected chi connectivity index (χ2v) is 7.47. The third-order valence-corrected chi connectivity index (χ3v) is 5.02. The minimum absolute atomic E-state index is 0.100. The van der Waals surface area contributed by atoms with Crippen LogP contribution in [0.2, 0.25) is 0 Å². The van der Waals surface area contributed by atoms with Crippen LogP contribution in [0.4, 0.5) is 0 Å². The Bertz CT molecular complexity index is 325. The molecule has 1 saturated carbocycles. The average Bonchev–Trinajstić information content (AvgIpc) is 2.43. The summed E-state index contributed by atoms with van der Waals surface area (Å²) in [4.78, 5) is 13.9. The lowest BCUT2D eigenvalue weighted by Crippen LogP contribution is -2.47. The standard InChI is InChI=1S/C17H34N2O2/c1-6-21-16(20)9-10-19(5)15-11-14(17(2,3)4)8-7-13(15)12-18/h13-15H,6-12,18H2,1-5H3. The van der Waals surface area contributed by atoms with Crippen LogP contribution in [0.5, 0.6) is 0 Å². The predicted molar refractivity (Wildman–Crippen MR) is 87.0 cm³/mol. The van der Waals surface area contributed by atoms with Gasteiger partial charge >= 0.3 is 5.97 Å². The van der Waals surface area contributed by atoms with Crippen LogP contribution in [0.15, 0.2) is 0 Å². The molecule has 2 N–H and O–H groups in total. The van der Waals surface area contributed by atoms with Crippen LogP contribution < -0.4 is 5.73 Å². The maximum absolute atomic E-state index is 11.5. The second kappa shape index (κ2) is 8.14. The van der Waals surface area contributed by atoms with E-state index in [2.05, 4.69) is 32.7 Å². The Balaban J connectivity index is 2.59. The Morgan fingerprint density at radius 3 is 2.52 bits per heavy atom. The first-order valence-electron chi connectivity index (χ1n) is 8.35. The summed E-state index contributed by atoms with van der Waals surface area (Å²) in [5.74, 6) is 1.18. The Labute approximate surface area is 130 Å². The molecule has 3 unspecified atom stereocenters. The van der Waals surface area contributed by atoms with Crippen molar-refractivity contribution in [2.75, 3.05) is 26.7 Å². The van der Waals surface area contributed by atoms with Gasteiger partial charge in [-0.25, -0.2) is 0 Å². The zero-order valence-corrected chi connectivity index (χ0v) is 14.5. The van der Waals surface area contributed by atoms with Gasteiger partial charge in [0.25, 0.3) is 0 Å². The third kappa shape index (κ3) is 5.59. The minimum Gasteiger partial charge on any atom is -0.466 e. The molecule has 0 spiro atoms. The highest BCUT2D eigenvalue weighted by atomic mass is 16.5. The van der Waals surface area contributed by atoms with Crippen molar-refractivity contribution in [3.05, 3.63) is 0 Å². The SMILES string of the molecule is CCOC(=O)CCN(C)C1CC(C(C)(C)C)CCC1CN. The number of esters is 1. The first-order valence-corrected chi connectivity index (χ1v) is 8.35. The van der Waals surface area contributed by atoms with Crippen LogP contribution in [0, 0.1) is 17.3 Å². The Hall–Kier alpha value is -0.610. The van der Waals surface area contributed by atoms with E-state index in [1.54, 1.807) is 0 Å². The van der Waals surface area contributed by atoms with Crippen molar-refractivity contribution in [3.8, 4) is 0 Å². The molecule has 21 heavy (non-hydrogen) atoms. The van der Waals surface area contributed by atoms with E-state index in [1.807, 2.05) is 6.92 Å². The van der Waals surface area contributed by atoms with Crippen molar-refractivity contribution in [1.82, 2.24) is 4.90 Å². The van der Waals surface area contributed by atoms with E-state index in [4.69, 9.17) is 10.5 Å². The van der Waals surface area contributed by atoms with Crippen LogP contribution in [-0.4, -0.2) is 43.7 Å². The lowest BCUT2D eigenvalue weighted by atomic mass is 9.67. The van der Waals surface area contributed by atoms with Crippen molar-refractivity contribution in [2.45, 2.75) is 59.4 Å². The van der Waals surface area contributed by atoms with Crippen molar-refractivity contribution in [3.63, 3.8) is 0 Å². The molecular formula is C17H34N2O2. The molecule has 0 amide bonds. The summed E-state index contributed by atoms with van der Waals surface area (Å²) in [6, 6.07) is 0.488. The molecule has 1 aliphatic carbocycles. The van der Waals surface area contributed by atoms with E-state index in [0.29, 0.717) is 30.4 Å². The molecule has 1 aliphatic rings. The van der Waals surface area contributed by atoms with Crippen LogP contribution in [0.3, 0.4) is 0 Å². The Kier molecular flexibility index (Phi) is 7.14. The fourth-order valence-corrected chi connectivity index (χ4v) is 3.48. The number of nitrogens with zero attached hydrogens (tertiary/aromatic N) is 1. The molecule has 124 valence electrons. The van der Waals surface area contributed by atoms with Gasteiger partial charge in [-0.1, -0.05) is 20.8 Å². The van der Waals surface area contributed by atoms with Crippen molar-refractivity contribution < 1.29 is 9.53 Å². The first-order chi connectivity index (χ1) is 9.79. The topological polar surface area (TPSA) is 55.6 Å². The van der Waals surface area contributed by atoms with E-state index in [-0.39, 0.29) is 5.97 Å². The van der Waals surface area contributed by atoms with E-state index in [1.165, 1.54) is 19.3 Å². The van der Waals surface area contributed by atoms with E-state index < -0.39 is 0 Å². The van der Waals surface area contributed by atoms with Gasteiger partial charge in [0.15, 0.2) is 0 Å². The van der Waals surface area contributed by atoms with Gasteiger partial charge in [-0.05, 0) is 57.0 Å². The number of carbonyl (C=O) groups excluding carboxylic acids is 1. The zero-order chi connectivity index (χ0) is 16.0. The molecule has 0 aliphatic heterocycles. The molecule has 0 bridgehead atoms. The van der Waals surface area contributed by atoms with Crippen LogP contribution in [0.1, 0.15) is 53.4 Å². The number of hydrogen-bond donors (Lipinski definition) is 1. The molecule has 0 heterocycles. The summed E-state index contributed by atoms with van der Waals surface area (Å²) in [6.45, 7) is 10.8. The van der Waals surface area contributed by atoms with Crippen LogP contribution in [-0.2, 0) is 9.53 Å². The summed E-state index contributed by atoms with van der Waals surface area (Å²) >= 11 is 0. The fraction of sp³-hybridized carbons (Fsp3) is 0.941. The lowest BCUT2D eigenvalue weighted by Gasteiger charge is -2.45. The second-order valence-electron chi connectivity index (χ2n) is 7.47. The zero-order valence-electron chi connectivity index (χ0n) is 14.5. The van der Waals surface area contributed by atoms with Gasteiger partial charge in [0.05, 0.1) is 13.0 Å². The number of nitrogens with two attached hydrogens (primary N) is 1. The Morgan fingerprint density at radius 2 is 2.00 bits per heavy atom. The quantitative estimate of drug-likeness (QED) is 0.766. The van der Waals surface area contributed by atoms with Crippen LogP contribution >= 0.6 is 0 Å². The van der Waals surface area contributed by atoms with Crippen molar-refractivity contribution >= 4 is 5.97 Å².